The SMILES string of the molecule is CO[C@H]1CCCC2=C(CCCN(C)C)C(O)C=C(NC(=O)/C(C)=C/C=C\[C@@H](OC)[C@@H](OC(C)=O)/C(C)=C/[C@H](C)[C@H]1O)C2O. The number of ether oxygens (including phenoxy) is 3. The number of nitrogens with one attached hydrogen (secondary N) is 1. The van der Waals surface area contributed by atoms with Gasteiger partial charge in [-0.2, -0.15) is 0 Å². The number of aliphatic hydroxyl groups is 3. The Hall–Kier alpha value is -2.60. The van der Waals surface area contributed by atoms with Crippen LogP contribution < -0.4 is 5.32 Å². The number of amides is 1. The minimum atomic E-state index is -1.08. The summed E-state index contributed by atoms with van der Waals surface area (Å²) in [5.74, 6) is -1.24. The Bertz CT molecular complexity index is 1110. The van der Waals surface area contributed by atoms with E-state index < -0.39 is 48.5 Å². The van der Waals surface area contributed by atoms with Crippen molar-refractivity contribution >= 4 is 11.9 Å². The van der Waals surface area contributed by atoms with E-state index in [2.05, 4.69) is 10.2 Å². The first-order valence-corrected chi connectivity index (χ1v) is 15.0. The molecule has 0 aromatic rings. The van der Waals surface area contributed by atoms with Gasteiger partial charge in [0.05, 0.1) is 18.3 Å². The number of nitrogens with zero attached hydrogens (tertiary/aromatic N) is 1. The van der Waals surface area contributed by atoms with Crippen LogP contribution in [0.15, 0.2) is 58.4 Å². The number of rotatable bonds is 7. The summed E-state index contributed by atoms with van der Waals surface area (Å²) in [6, 6.07) is 0. The molecule has 1 aliphatic carbocycles. The van der Waals surface area contributed by atoms with E-state index in [0.29, 0.717) is 42.4 Å². The average Bonchev–Trinajstić information content (AvgIpc) is 2.94. The molecule has 10 heteroatoms. The number of hydrogen-bond acceptors (Lipinski definition) is 9. The van der Waals surface area contributed by atoms with Crippen LogP contribution in [0.25, 0.3) is 0 Å². The van der Waals surface area contributed by atoms with Gasteiger partial charge < -0.3 is 39.7 Å². The highest BCUT2D eigenvalue weighted by Gasteiger charge is 2.31. The third-order valence-electron chi connectivity index (χ3n) is 8.04. The number of carbonyl (C=O) groups is 2. The van der Waals surface area contributed by atoms with E-state index in [1.165, 1.54) is 20.1 Å². The van der Waals surface area contributed by atoms with Crippen molar-refractivity contribution in [1.29, 1.82) is 0 Å². The molecule has 0 radical (unpaired) electrons. The van der Waals surface area contributed by atoms with Crippen LogP contribution >= 0.6 is 0 Å². The molecule has 0 saturated heterocycles. The molecule has 1 amide bonds. The second-order valence-corrected chi connectivity index (χ2v) is 11.8. The topological polar surface area (TPSA) is 138 Å². The van der Waals surface area contributed by atoms with Gasteiger partial charge in [0.2, 0.25) is 0 Å². The summed E-state index contributed by atoms with van der Waals surface area (Å²) in [5, 5.41) is 36.5. The van der Waals surface area contributed by atoms with Gasteiger partial charge in [0, 0.05) is 38.3 Å². The second kappa shape index (κ2) is 17.6. The lowest BCUT2D eigenvalue weighted by Crippen LogP contribution is -2.37. The van der Waals surface area contributed by atoms with Crippen molar-refractivity contribution in [3.63, 3.8) is 0 Å². The number of esters is 1. The maximum atomic E-state index is 13.1. The molecule has 0 aromatic heterocycles. The van der Waals surface area contributed by atoms with E-state index in [1.807, 2.05) is 34.0 Å². The first-order chi connectivity index (χ1) is 20.3. The van der Waals surface area contributed by atoms with Gasteiger partial charge in [-0.15, -0.1) is 0 Å². The van der Waals surface area contributed by atoms with E-state index in [0.717, 1.165) is 18.5 Å². The fourth-order valence-electron chi connectivity index (χ4n) is 5.60. The summed E-state index contributed by atoms with van der Waals surface area (Å²) in [6.07, 6.45) is 6.46. The van der Waals surface area contributed by atoms with Gasteiger partial charge in [-0.25, -0.2) is 0 Å². The van der Waals surface area contributed by atoms with Gasteiger partial charge in [0.15, 0.2) is 6.10 Å². The molecular formula is C33H52N2O8. The molecule has 43 heavy (non-hydrogen) atoms. The van der Waals surface area contributed by atoms with Crippen molar-refractivity contribution in [3.8, 4) is 0 Å². The summed E-state index contributed by atoms with van der Waals surface area (Å²) < 4.78 is 16.9. The van der Waals surface area contributed by atoms with Crippen molar-refractivity contribution < 1.29 is 39.1 Å². The summed E-state index contributed by atoms with van der Waals surface area (Å²) in [5.41, 5.74) is 2.75. The molecule has 2 rings (SSSR count). The van der Waals surface area contributed by atoms with E-state index in [-0.39, 0.29) is 11.6 Å². The second-order valence-electron chi connectivity index (χ2n) is 11.8. The largest absolute Gasteiger partial charge is 0.455 e. The Balaban J connectivity index is 2.53. The Morgan fingerprint density at radius 3 is 2.42 bits per heavy atom. The minimum absolute atomic E-state index is 0.236. The summed E-state index contributed by atoms with van der Waals surface area (Å²) in [4.78, 5) is 27.1. The van der Waals surface area contributed by atoms with Crippen LogP contribution in [-0.4, -0.2) is 104 Å². The standard InChI is InChI=1S/C33H52N2O8/c1-20-12-9-16-29(42-8)32(43-23(4)36)22(3)18-21(2)30(38)28(41-7)15-10-13-25-24(14-11-17-35(5)6)27(37)19-26(31(25)39)34-33(20)40/h9,12,16,18-19,21,27-32,37-39H,10-11,13-15,17H2,1-8H3,(H,34,40)/b16-9-,20-12+,22-18+/t21-,27?,28-,29+,30+,31?,32-/m0/s1. The molecule has 2 bridgehead atoms. The lowest BCUT2D eigenvalue weighted by molar-refractivity contribution is -0.149. The molecule has 0 fully saturated rings. The smallest absolute Gasteiger partial charge is 0.303 e. The summed E-state index contributed by atoms with van der Waals surface area (Å²) in [6.45, 7) is 7.49. The fourth-order valence-corrected chi connectivity index (χ4v) is 5.60. The highest BCUT2D eigenvalue weighted by atomic mass is 16.6. The van der Waals surface area contributed by atoms with E-state index >= 15 is 0 Å². The first-order valence-electron chi connectivity index (χ1n) is 15.0. The molecule has 0 aromatic carbocycles. The van der Waals surface area contributed by atoms with Crippen molar-refractivity contribution in [3.05, 3.63) is 58.4 Å². The van der Waals surface area contributed by atoms with Gasteiger partial charge in [-0.3, -0.25) is 9.59 Å². The number of aliphatic hydroxyl groups excluding tert-OH is 3. The number of allylic oxidation sites excluding steroid dienone is 2. The summed E-state index contributed by atoms with van der Waals surface area (Å²) in [7, 11) is 7.03. The molecule has 10 nitrogen and oxygen atoms in total. The van der Waals surface area contributed by atoms with Crippen LogP contribution in [0.3, 0.4) is 0 Å². The molecule has 2 unspecified atom stereocenters. The Labute approximate surface area is 256 Å². The molecule has 242 valence electrons. The van der Waals surface area contributed by atoms with Gasteiger partial charge in [0.1, 0.15) is 12.2 Å². The Morgan fingerprint density at radius 1 is 1.12 bits per heavy atom. The molecular weight excluding hydrogens is 552 g/mol. The molecule has 0 saturated carbocycles. The van der Waals surface area contributed by atoms with Crippen LogP contribution in [0.4, 0.5) is 0 Å². The Kier molecular flexibility index (Phi) is 15.0. The van der Waals surface area contributed by atoms with E-state index in [4.69, 9.17) is 14.2 Å². The number of methoxy groups -OCH3 is 2. The van der Waals surface area contributed by atoms with Crippen LogP contribution in [-0.2, 0) is 23.8 Å². The monoisotopic (exact) mass is 604 g/mol. The highest BCUT2D eigenvalue weighted by Crippen LogP contribution is 2.32. The fraction of sp³-hybridized carbons (Fsp3) is 0.636. The lowest BCUT2D eigenvalue weighted by atomic mass is 9.84. The zero-order valence-electron chi connectivity index (χ0n) is 27.0. The third kappa shape index (κ3) is 10.8. The minimum Gasteiger partial charge on any atom is -0.455 e. The van der Waals surface area contributed by atoms with Crippen molar-refractivity contribution in [2.24, 2.45) is 5.92 Å². The van der Waals surface area contributed by atoms with Gasteiger partial charge >= 0.3 is 5.97 Å². The van der Waals surface area contributed by atoms with Gasteiger partial charge in [0.25, 0.3) is 5.91 Å². The van der Waals surface area contributed by atoms with E-state index in [9.17, 15) is 24.9 Å². The molecule has 1 aliphatic heterocycles. The van der Waals surface area contributed by atoms with Crippen molar-refractivity contribution in [1.82, 2.24) is 10.2 Å². The van der Waals surface area contributed by atoms with Crippen LogP contribution in [0.1, 0.15) is 59.8 Å². The van der Waals surface area contributed by atoms with Crippen LogP contribution in [0, 0.1) is 5.92 Å². The first kappa shape index (κ1) is 36.6. The Morgan fingerprint density at radius 2 is 1.81 bits per heavy atom. The lowest BCUT2D eigenvalue weighted by Gasteiger charge is -2.31. The molecule has 2 aliphatic rings. The highest BCUT2D eigenvalue weighted by molar-refractivity contribution is 5.94. The van der Waals surface area contributed by atoms with E-state index in [1.54, 1.807) is 32.3 Å². The van der Waals surface area contributed by atoms with Crippen LogP contribution in [0.5, 0.6) is 0 Å². The average molecular weight is 605 g/mol. The van der Waals surface area contributed by atoms with Gasteiger partial charge in [-0.05, 0) is 89.4 Å². The van der Waals surface area contributed by atoms with Gasteiger partial charge in [-0.1, -0.05) is 31.2 Å². The molecule has 4 N–H and O–H groups in total. The molecule has 7 atom stereocenters. The van der Waals surface area contributed by atoms with Crippen molar-refractivity contribution in [2.75, 3.05) is 34.9 Å². The van der Waals surface area contributed by atoms with Crippen LogP contribution in [0.2, 0.25) is 0 Å². The third-order valence-corrected chi connectivity index (χ3v) is 8.04. The number of carbonyl (C=O) groups excluding carboxylic acids is 2. The maximum Gasteiger partial charge on any atom is 0.303 e. The zero-order valence-corrected chi connectivity index (χ0v) is 27.0. The molecule has 1 heterocycles. The van der Waals surface area contributed by atoms with Crippen molar-refractivity contribution in [2.45, 2.75) is 96.4 Å². The quantitative estimate of drug-likeness (QED) is 0.255. The maximum absolute atomic E-state index is 13.1. The zero-order chi connectivity index (χ0) is 32.3. The predicted molar refractivity (Wildman–Crippen MR) is 166 cm³/mol. The normalized spacial score (nSPS) is 33.2. The number of fused-ring (bicyclic) bond motifs is 2. The molecule has 0 spiro atoms. The summed E-state index contributed by atoms with van der Waals surface area (Å²) >= 11 is 0. The number of hydrogen-bond donors (Lipinski definition) is 4. The predicted octanol–water partition coefficient (Wildman–Crippen LogP) is 2.95.